The molecule has 0 spiro atoms. The molecule has 2 aromatic heterocycles. The summed E-state index contributed by atoms with van der Waals surface area (Å²) in [6.45, 7) is 1.82. The number of nitrogens with one attached hydrogen (secondary N) is 2. The van der Waals surface area contributed by atoms with E-state index < -0.39 is 0 Å². The normalized spacial score (nSPS) is 10.1. The number of carbonyl (C=O) groups is 1. The fourth-order valence-electron chi connectivity index (χ4n) is 1.51. The van der Waals surface area contributed by atoms with E-state index in [2.05, 4.69) is 36.6 Å². The van der Waals surface area contributed by atoms with Gasteiger partial charge in [-0.1, -0.05) is 0 Å². The Labute approximate surface area is 118 Å². The highest BCUT2D eigenvalue weighted by Crippen LogP contribution is 2.21. The molecule has 0 aliphatic carbocycles. The number of amides is 1. The zero-order valence-electron chi connectivity index (χ0n) is 10.1. The topological polar surface area (TPSA) is 92.9 Å². The number of pyridine rings is 2. The number of hydrogen-bond donors (Lipinski definition) is 3. The van der Waals surface area contributed by atoms with E-state index in [-0.39, 0.29) is 5.91 Å². The number of nitrogens with zero attached hydrogens (tertiary/aromatic N) is 2. The number of halogens is 1. The van der Waals surface area contributed by atoms with Crippen LogP contribution in [0.5, 0.6) is 0 Å². The summed E-state index contributed by atoms with van der Waals surface area (Å²) in [7, 11) is 0. The minimum atomic E-state index is -0.333. The monoisotopic (exact) mass is 321 g/mol. The molecule has 0 aliphatic rings. The van der Waals surface area contributed by atoms with Crippen molar-refractivity contribution in [1.29, 1.82) is 0 Å². The van der Waals surface area contributed by atoms with Crippen LogP contribution in [0.2, 0.25) is 0 Å². The van der Waals surface area contributed by atoms with Crippen LogP contribution in [-0.4, -0.2) is 15.9 Å². The molecule has 0 bridgehead atoms. The van der Waals surface area contributed by atoms with Gasteiger partial charge in [0.25, 0.3) is 5.91 Å². The molecule has 6 nitrogen and oxygen atoms in total. The predicted molar refractivity (Wildman–Crippen MR) is 76.7 cm³/mol. The number of aromatic nitrogens is 2. The summed E-state index contributed by atoms with van der Waals surface area (Å²) in [6, 6.07) is 5.25. The molecular weight excluding hydrogens is 310 g/mol. The SMILES string of the molecule is Cc1cc(NN)c(C(=O)Nc2ncccc2Br)cn1. The van der Waals surface area contributed by atoms with Gasteiger partial charge in [-0.25, -0.2) is 4.98 Å². The third kappa shape index (κ3) is 3.07. The Morgan fingerprint density at radius 1 is 1.42 bits per heavy atom. The lowest BCUT2D eigenvalue weighted by molar-refractivity contribution is 0.102. The first-order chi connectivity index (χ1) is 9.11. The molecule has 0 saturated heterocycles. The van der Waals surface area contributed by atoms with Crippen molar-refractivity contribution < 1.29 is 4.79 Å². The zero-order valence-corrected chi connectivity index (χ0v) is 11.7. The molecule has 0 saturated carbocycles. The maximum atomic E-state index is 12.1. The summed E-state index contributed by atoms with van der Waals surface area (Å²) in [4.78, 5) is 20.3. The van der Waals surface area contributed by atoms with Crippen LogP contribution in [0.15, 0.2) is 35.1 Å². The lowest BCUT2D eigenvalue weighted by Crippen LogP contribution is -2.18. The molecule has 0 fully saturated rings. The highest BCUT2D eigenvalue weighted by Gasteiger charge is 2.13. The zero-order chi connectivity index (χ0) is 13.8. The van der Waals surface area contributed by atoms with Gasteiger partial charge in [0.1, 0.15) is 5.82 Å². The summed E-state index contributed by atoms with van der Waals surface area (Å²) in [5.74, 6) is 5.51. The number of aryl methyl sites for hydroxylation is 1. The van der Waals surface area contributed by atoms with E-state index in [1.807, 2.05) is 6.92 Å². The Bertz CT molecular complexity index is 617. The molecule has 0 unspecified atom stereocenters. The number of nitrogens with two attached hydrogens (primary N) is 1. The van der Waals surface area contributed by atoms with Gasteiger partial charge in [0.05, 0.1) is 15.7 Å². The van der Waals surface area contributed by atoms with E-state index in [1.165, 1.54) is 6.20 Å². The molecule has 2 rings (SSSR count). The smallest absolute Gasteiger partial charge is 0.260 e. The standard InChI is InChI=1S/C12H12BrN5O/c1-7-5-10(18-14)8(6-16-7)12(19)17-11-9(13)3-2-4-15-11/h2-6H,14H2,1H3,(H,16,18)(H,15,17,19). The minimum Gasteiger partial charge on any atom is -0.323 e. The summed E-state index contributed by atoms with van der Waals surface area (Å²) in [5, 5.41) is 2.69. The number of nitrogen functional groups attached to an aromatic ring is 1. The van der Waals surface area contributed by atoms with Gasteiger partial charge in [0.2, 0.25) is 0 Å². The highest BCUT2D eigenvalue weighted by molar-refractivity contribution is 9.10. The molecule has 98 valence electrons. The highest BCUT2D eigenvalue weighted by atomic mass is 79.9. The number of carbonyl (C=O) groups excluding carboxylic acids is 1. The Balaban J connectivity index is 2.28. The predicted octanol–water partition coefficient (Wildman–Crippen LogP) is 2.09. The van der Waals surface area contributed by atoms with Gasteiger partial charge in [-0.2, -0.15) is 0 Å². The Morgan fingerprint density at radius 2 is 2.21 bits per heavy atom. The first-order valence-electron chi connectivity index (χ1n) is 5.47. The maximum absolute atomic E-state index is 12.1. The van der Waals surface area contributed by atoms with Gasteiger partial charge >= 0.3 is 0 Å². The van der Waals surface area contributed by atoms with Crippen molar-refractivity contribution >= 4 is 33.3 Å². The van der Waals surface area contributed by atoms with E-state index >= 15 is 0 Å². The third-order valence-corrected chi connectivity index (χ3v) is 3.07. The van der Waals surface area contributed by atoms with Gasteiger partial charge in [0, 0.05) is 18.1 Å². The second-order valence-corrected chi connectivity index (χ2v) is 4.66. The molecule has 0 atom stereocenters. The van der Waals surface area contributed by atoms with Crippen LogP contribution in [-0.2, 0) is 0 Å². The van der Waals surface area contributed by atoms with Crippen molar-refractivity contribution in [3.05, 3.63) is 46.3 Å². The van der Waals surface area contributed by atoms with Crippen molar-refractivity contribution in [1.82, 2.24) is 9.97 Å². The number of rotatable bonds is 3. The molecule has 19 heavy (non-hydrogen) atoms. The molecule has 2 aromatic rings. The molecule has 0 aromatic carbocycles. The minimum absolute atomic E-state index is 0.333. The molecule has 4 N–H and O–H groups in total. The van der Waals surface area contributed by atoms with Gasteiger partial charge in [-0.3, -0.25) is 15.6 Å². The quantitative estimate of drug-likeness (QED) is 0.594. The van der Waals surface area contributed by atoms with Crippen LogP contribution in [0.4, 0.5) is 11.5 Å². The van der Waals surface area contributed by atoms with Gasteiger partial charge in [-0.15, -0.1) is 0 Å². The van der Waals surface area contributed by atoms with Gasteiger partial charge in [-0.05, 0) is 41.1 Å². The van der Waals surface area contributed by atoms with Crippen molar-refractivity contribution in [3.63, 3.8) is 0 Å². The summed E-state index contributed by atoms with van der Waals surface area (Å²) < 4.78 is 0.700. The Kier molecular flexibility index (Phi) is 4.08. The molecule has 1 amide bonds. The fourth-order valence-corrected chi connectivity index (χ4v) is 1.87. The van der Waals surface area contributed by atoms with Crippen molar-refractivity contribution in [2.75, 3.05) is 10.7 Å². The second kappa shape index (κ2) is 5.77. The first-order valence-corrected chi connectivity index (χ1v) is 6.26. The van der Waals surface area contributed by atoms with Crippen molar-refractivity contribution in [3.8, 4) is 0 Å². The van der Waals surface area contributed by atoms with Crippen LogP contribution in [0.3, 0.4) is 0 Å². The Hall–Kier alpha value is -1.99. The largest absolute Gasteiger partial charge is 0.323 e. The van der Waals surface area contributed by atoms with Crippen LogP contribution < -0.4 is 16.6 Å². The summed E-state index contributed by atoms with van der Waals surface area (Å²) in [6.07, 6.45) is 3.06. The average molecular weight is 322 g/mol. The lowest BCUT2D eigenvalue weighted by Gasteiger charge is -2.10. The van der Waals surface area contributed by atoms with Crippen LogP contribution in [0.25, 0.3) is 0 Å². The van der Waals surface area contributed by atoms with Gasteiger partial charge in [0.15, 0.2) is 0 Å². The van der Waals surface area contributed by atoms with E-state index in [9.17, 15) is 4.79 Å². The summed E-state index contributed by atoms with van der Waals surface area (Å²) >= 11 is 3.31. The average Bonchev–Trinajstić information content (AvgIpc) is 2.41. The number of hydrogen-bond acceptors (Lipinski definition) is 5. The van der Waals surface area contributed by atoms with Crippen molar-refractivity contribution in [2.24, 2.45) is 5.84 Å². The van der Waals surface area contributed by atoms with Gasteiger partial charge < -0.3 is 10.7 Å². The Morgan fingerprint density at radius 3 is 2.89 bits per heavy atom. The third-order valence-electron chi connectivity index (χ3n) is 2.43. The van der Waals surface area contributed by atoms with E-state index in [0.29, 0.717) is 21.5 Å². The number of anilines is 2. The molecule has 0 aliphatic heterocycles. The van der Waals surface area contributed by atoms with E-state index in [4.69, 9.17) is 5.84 Å². The maximum Gasteiger partial charge on any atom is 0.260 e. The molecule has 7 heteroatoms. The van der Waals surface area contributed by atoms with Crippen molar-refractivity contribution in [2.45, 2.75) is 6.92 Å². The van der Waals surface area contributed by atoms with Crippen LogP contribution in [0, 0.1) is 6.92 Å². The fraction of sp³-hybridized carbons (Fsp3) is 0.0833. The summed E-state index contributed by atoms with van der Waals surface area (Å²) in [5.41, 5.74) is 4.12. The van der Waals surface area contributed by atoms with Crippen LogP contribution in [0.1, 0.15) is 16.1 Å². The lowest BCUT2D eigenvalue weighted by atomic mass is 10.2. The van der Waals surface area contributed by atoms with Crippen LogP contribution >= 0.6 is 15.9 Å². The van der Waals surface area contributed by atoms with E-state index in [0.717, 1.165) is 5.69 Å². The molecule has 2 heterocycles. The molecular formula is C12H12BrN5O. The first kappa shape index (κ1) is 13.4. The second-order valence-electron chi connectivity index (χ2n) is 3.80. The molecule has 0 radical (unpaired) electrons. The number of hydrazine groups is 1. The van der Waals surface area contributed by atoms with E-state index in [1.54, 1.807) is 24.4 Å².